The lowest BCUT2D eigenvalue weighted by Gasteiger charge is -2.28. The number of likely N-dealkylation sites (N-methyl/N-ethyl adjacent to an activating group) is 1. The number of carbonyl (C=O) groups excluding carboxylic acids is 2. The fourth-order valence-electron chi connectivity index (χ4n) is 6.05. The topological polar surface area (TPSA) is 105 Å². The van der Waals surface area contributed by atoms with Crippen molar-refractivity contribution in [1.82, 2.24) is 10.6 Å². The third kappa shape index (κ3) is 10.4. The first-order valence-corrected chi connectivity index (χ1v) is 17.3. The third-order valence-corrected chi connectivity index (χ3v) is 10.3. The van der Waals surface area contributed by atoms with Gasteiger partial charge in [-0.25, -0.2) is 0 Å². The lowest BCUT2D eigenvalue weighted by Crippen LogP contribution is -2.49. The van der Waals surface area contributed by atoms with Crippen molar-refractivity contribution < 1.29 is 23.8 Å². The van der Waals surface area contributed by atoms with Gasteiger partial charge >= 0.3 is 0 Å². The molecule has 0 spiro atoms. The summed E-state index contributed by atoms with van der Waals surface area (Å²) in [7, 11) is -0.562. The second-order valence-electron chi connectivity index (χ2n) is 11.8. The first-order chi connectivity index (χ1) is 20.7. The average molecular weight is 605 g/mol. The standard InChI is InChI=1S/C35H45N2O5P/c1-36-35(39)33(23-29-17-19-32(42-2)20-18-29)37-34(38)31(22-27-11-7-4-8-12-27)25-43(40,41)24-30-15-13-28(14-16-30)21-26-9-5-3-6-10-26/h3,5-6,9-10,13-20,27,31,33H,4,7-8,11-12,21-25H2,1-2H3,(H,36,39)(H,37,38)(H,40,41). The van der Waals surface area contributed by atoms with Gasteiger partial charge in [0, 0.05) is 31.7 Å². The minimum Gasteiger partial charge on any atom is -0.497 e. The zero-order valence-corrected chi connectivity index (χ0v) is 26.2. The first-order valence-electron chi connectivity index (χ1n) is 15.3. The number of hydrogen-bond donors (Lipinski definition) is 3. The molecule has 0 bridgehead atoms. The van der Waals surface area contributed by atoms with Gasteiger partial charge in [0.25, 0.3) is 0 Å². The molecular weight excluding hydrogens is 559 g/mol. The van der Waals surface area contributed by atoms with E-state index in [9.17, 15) is 19.0 Å². The summed E-state index contributed by atoms with van der Waals surface area (Å²) in [4.78, 5) is 37.7. The zero-order chi connectivity index (χ0) is 30.7. The Morgan fingerprint density at radius 3 is 2.09 bits per heavy atom. The smallest absolute Gasteiger partial charge is 0.242 e. The van der Waals surface area contributed by atoms with Crippen molar-refractivity contribution in [3.8, 4) is 5.75 Å². The van der Waals surface area contributed by atoms with E-state index in [1.54, 1.807) is 14.2 Å². The summed E-state index contributed by atoms with van der Waals surface area (Å²) in [5.41, 5.74) is 4.00. The lowest BCUT2D eigenvalue weighted by molar-refractivity contribution is -0.130. The predicted octanol–water partition coefficient (Wildman–Crippen LogP) is 6.12. The summed E-state index contributed by atoms with van der Waals surface area (Å²) in [5.74, 6) is -0.244. The Kier molecular flexibility index (Phi) is 12.0. The van der Waals surface area contributed by atoms with E-state index in [2.05, 4.69) is 22.8 Å². The number of hydrogen-bond acceptors (Lipinski definition) is 4. The monoisotopic (exact) mass is 604 g/mol. The number of nitrogens with one attached hydrogen (secondary N) is 2. The van der Waals surface area contributed by atoms with Crippen molar-refractivity contribution in [1.29, 1.82) is 0 Å². The highest BCUT2D eigenvalue weighted by atomic mass is 31.2. The maximum Gasteiger partial charge on any atom is 0.242 e. The van der Waals surface area contributed by atoms with Gasteiger partial charge in [-0.15, -0.1) is 0 Å². The summed E-state index contributed by atoms with van der Waals surface area (Å²) in [6.45, 7) is 0. The van der Waals surface area contributed by atoms with Crippen LogP contribution in [0.2, 0.25) is 0 Å². The molecule has 0 heterocycles. The molecule has 3 aromatic rings. The highest BCUT2D eigenvalue weighted by molar-refractivity contribution is 7.57. The molecule has 1 fully saturated rings. The van der Waals surface area contributed by atoms with Crippen LogP contribution in [0.4, 0.5) is 0 Å². The van der Waals surface area contributed by atoms with Crippen molar-refractivity contribution in [2.75, 3.05) is 20.3 Å². The molecule has 3 aromatic carbocycles. The highest BCUT2D eigenvalue weighted by Crippen LogP contribution is 2.47. The molecule has 3 atom stereocenters. The maximum atomic E-state index is 13.7. The SMILES string of the molecule is CNC(=O)C(Cc1ccc(OC)cc1)NC(=O)C(CC1CCCCC1)CP(=O)(O)Cc1ccc(Cc2ccccc2)cc1. The summed E-state index contributed by atoms with van der Waals surface area (Å²) in [6, 6.07) is 24.6. The summed E-state index contributed by atoms with van der Waals surface area (Å²) < 4.78 is 18.9. The van der Waals surface area contributed by atoms with Crippen molar-refractivity contribution in [3.05, 3.63) is 101 Å². The van der Waals surface area contributed by atoms with Crippen LogP contribution < -0.4 is 15.4 Å². The van der Waals surface area contributed by atoms with E-state index in [0.717, 1.165) is 48.8 Å². The van der Waals surface area contributed by atoms with E-state index in [1.165, 1.54) is 12.0 Å². The number of amides is 2. The molecule has 1 aliphatic carbocycles. The molecule has 0 saturated heterocycles. The van der Waals surface area contributed by atoms with Crippen LogP contribution in [-0.4, -0.2) is 43.1 Å². The van der Waals surface area contributed by atoms with Crippen LogP contribution in [0.5, 0.6) is 5.75 Å². The molecule has 3 N–H and O–H groups in total. The maximum absolute atomic E-state index is 13.7. The summed E-state index contributed by atoms with van der Waals surface area (Å²) in [5, 5.41) is 5.59. The van der Waals surface area contributed by atoms with E-state index in [-0.39, 0.29) is 24.1 Å². The molecule has 0 radical (unpaired) electrons. The van der Waals surface area contributed by atoms with Crippen LogP contribution in [0.3, 0.4) is 0 Å². The fourth-order valence-corrected chi connectivity index (χ4v) is 7.96. The van der Waals surface area contributed by atoms with Crippen molar-refractivity contribution in [2.45, 2.75) is 63.6 Å². The molecule has 43 heavy (non-hydrogen) atoms. The second kappa shape index (κ2) is 15.9. The largest absolute Gasteiger partial charge is 0.497 e. The van der Waals surface area contributed by atoms with Crippen LogP contribution in [0, 0.1) is 11.8 Å². The number of methoxy groups -OCH3 is 1. The third-order valence-electron chi connectivity index (χ3n) is 8.40. The number of benzene rings is 3. The van der Waals surface area contributed by atoms with Crippen molar-refractivity contribution in [3.63, 3.8) is 0 Å². The van der Waals surface area contributed by atoms with E-state index in [1.807, 2.05) is 66.7 Å². The Labute approximate surface area is 255 Å². The Morgan fingerprint density at radius 1 is 0.860 bits per heavy atom. The molecule has 3 unspecified atom stereocenters. The van der Waals surface area contributed by atoms with Gasteiger partial charge in [-0.2, -0.15) is 0 Å². The van der Waals surface area contributed by atoms with Gasteiger partial charge in [-0.05, 0) is 53.1 Å². The number of ether oxygens (including phenoxy) is 1. The molecule has 2 amide bonds. The Morgan fingerprint density at radius 2 is 1.47 bits per heavy atom. The zero-order valence-electron chi connectivity index (χ0n) is 25.3. The first kappa shape index (κ1) is 32.5. The summed E-state index contributed by atoms with van der Waals surface area (Å²) in [6.07, 6.45) is 7.01. The Balaban J connectivity index is 1.45. The van der Waals surface area contributed by atoms with Gasteiger partial charge in [0.2, 0.25) is 19.2 Å². The Bertz CT molecular complexity index is 1360. The van der Waals surface area contributed by atoms with Gasteiger partial charge < -0.3 is 20.3 Å². The van der Waals surface area contributed by atoms with E-state index < -0.39 is 19.3 Å². The molecule has 1 saturated carbocycles. The Hall–Kier alpha value is -3.41. The van der Waals surface area contributed by atoms with E-state index >= 15 is 0 Å². The molecular formula is C35H45N2O5P. The fraction of sp³-hybridized carbons (Fsp3) is 0.429. The van der Waals surface area contributed by atoms with Crippen LogP contribution in [0.15, 0.2) is 78.9 Å². The molecule has 0 aromatic heterocycles. The molecule has 230 valence electrons. The average Bonchev–Trinajstić information content (AvgIpc) is 3.02. The minimum atomic E-state index is -3.70. The van der Waals surface area contributed by atoms with Gasteiger partial charge in [0.05, 0.1) is 7.11 Å². The molecule has 1 aliphatic rings. The van der Waals surface area contributed by atoms with Gasteiger partial charge in [-0.3, -0.25) is 14.2 Å². The van der Waals surface area contributed by atoms with Crippen molar-refractivity contribution in [2.24, 2.45) is 11.8 Å². The van der Waals surface area contributed by atoms with E-state index in [0.29, 0.717) is 24.5 Å². The van der Waals surface area contributed by atoms with Crippen LogP contribution in [-0.2, 0) is 33.2 Å². The molecule has 7 nitrogen and oxygen atoms in total. The van der Waals surface area contributed by atoms with E-state index in [4.69, 9.17) is 4.74 Å². The normalized spacial score (nSPS) is 16.4. The molecule has 0 aliphatic heterocycles. The minimum absolute atomic E-state index is 0.0117. The van der Waals surface area contributed by atoms with Crippen LogP contribution in [0.1, 0.15) is 60.8 Å². The number of carbonyl (C=O) groups is 2. The number of rotatable bonds is 14. The van der Waals surface area contributed by atoms with Crippen LogP contribution in [0.25, 0.3) is 0 Å². The molecule has 8 heteroatoms. The van der Waals surface area contributed by atoms with Gasteiger partial charge in [0.1, 0.15) is 11.8 Å². The van der Waals surface area contributed by atoms with Gasteiger partial charge in [-0.1, -0.05) is 98.8 Å². The lowest BCUT2D eigenvalue weighted by atomic mass is 9.83. The summed E-state index contributed by atoms with van der Waals surface area (Å²) >= 11 is 0. The highest BCUT2D eigenvalue weighted by Gasteiger charge is 2.33. The molecule has 4 rings (SSSR count). The second-order valence-corrected chi connectivity index (χ2v) is 14.2. The predicted molar refractivity (Wildman–Crippen MR) is 171 cm³/mol. The van der Waals surface area contributed by atoms with Crippen LogP contribution >= 0.6 is 7.37 Å². The van der Waals surface area contributed by atoms with Crippen molar-refractivity contribution >= 4 is 19.2 Å². The van der Waals surface area contributed by atoms with Gasteiger partial charge in [0.15, 0.2) is 0 Å². The quantitative estimate of drug-likeness (QED) is 0.193.